The Hall–Kier alpha value is -1.60. The maximum absolute atomic E-state index is 13.5. The third kappa shape index (κ3) is 3.74. The Morgan fingerprint density at radius 1 is 1.19 bits per heavy atom. The molecule has 0 saturated heterocycles. The topological polar surface area (TPSA) is 54.4 Å². The van der Waals surface area contributed by atoms with Crippen molar-refractivity contribution in [3.05, 3.63) is 63.6 Å². The van der Waals surface area contributed by atoms with Crippen LogP contribution in [0.5, 0.6) is 0 Å². The van der Waals surface area contributed by atoms with Crippen LogP contribution in [-0.2, 0) is 16.6 Å². The number of carboxylic acids is 1. The lowest BCUT2D eigenvalue weighted by atomic mass is 10.1. The van der Waals surface area contributed by atoms with Crippen LogP contribution in [0, 0.1) is 11.6 Å². The molecule has 110 valence electrons. The quantitative estimate of drug-likeness (QED) is 0.886. The molecule has 2 aromatic rings. The van der Waals surface area contributed by atoms with Gasteiger partial charge >= 0.3 is 5.97 Å². The summed E-state index contributed by atoms with van der Waals surface area (Å²) in [5.41, 5.74) is 0.621. The van der Waals surface area contributed by atoms with Gasteiger partial charge in [0.15, 0.2) is 0 Å². The summed E-state index contributed by atoms with van der Waals surface area (Å²) in [6.07, 6.45) is 0. The number of hydrogen-bond acceptors (Lipinski definition) is 2. The van der Waals surface area contributed by atoms with Crippen molar-refractivity contribution in [2.75, 3.05) is 0 Å². The van der Waals surface area contributed by atoms with Gasteiger partial charge in [-0.1, -0.05) is 22.0 Å². The van der Waals surface area contributed by atoms with Gasteiger partial charge in [-0.25, -0.2) is 13.6 Å². The molecular weight excluding hydrogens is 366 g/mol. The normalized spacial score (nSPS) is 12.1. The van der Waals surface area contributed by atoms with E-state index in [-0.39, 0.29) is 16.2 Å². The molecule has 2 aromatic carbocycles. The summed E-state index contributed by atoms with van der Waals surface area (Å²) in [6.45, 7) is 0. The summed E-state index contributed by atoms with van der Waals surface area (Å²) in [7, 11) is -1.78. The van der Waals surface area contributed by atoms with Crippen LogP contribution in [0.25, 0.3) is 0 Å². The van der Waals surface area contributed by atoms with Crippen LogP contribution in [0.15, 0.2) is 45.8 Å². The number of benzene rings is 2. The van der Waals surface area contributed by atoms with E-state index in [4.69, 9.17) is 5.11 Å². The summed E-state index contributed by atoms with van der Waals surface area (Å²) < 4.78 is 39.2. The summed E-state index contributed by atoms with van der Waals surface area (Å²) >= 11 is 3.18. The Morgan fingerprint density at radius 2 is 1.90 bits per heavy atom. The number of aromatic carboxylic acids is 1. The zero-order valence-corrected chi connectivity index (χ0v) is 12.9. The molecule has 0 fully saturated rings. The van der Waals surface area contributed by atoms with Gasteiger partial charge in [-0.05, 0) is 35.9 Å². The van der Waals surface area contributed by atoms with E-state index in [0.29, 0.717) is 10.0 Å². The van der Waals surface area contributed by atoms with Gasteiger partial charge in [0.05, 0.1) is 27.0 Å². The van der Waals surface area contributed by atoms with Crippen molar-refractivity contribution < 1.29 is 22.9 Å². The van der Waals surface area contributed by atoms with Gasteiger partial charge in [-0.2, -0.15) is 0 Å². The first-order valence-electron chi connectivity index (χ1n) is 5.73. The van der Waals surface area contributed by atoms with E-state index in [1.165, 1.54) is 18.2 Å². The molecule has 0 radical (unpaired) electrons. The molecular formula is C14H9BrF2O3S. The van der Waals surface area contributed by atoms with Gasteiger partial charge in [-0.3, -0.25) is 4.21 Å². The monoisotopic (exact) mass is 374 g/mol. The molecule has 1 N–H and O–H groups in total. The molecule has 0 bridgehead atoms. The van der Waals surface area contributed by atoms with Crippen molar-refractivity contribution in [3.63, 3.8) is 0 Å². The minimum Gasteiger partial charge on any atom is -0.478 e. The highest BCUT2D eigenvalue weighted by atomic mass is 79.9. The van der Waals surface area contributed by atoms with Crippen LogP contribution in [0.3, 0.4) is 0 Å². The Labute approximate surface area is 130 Å². The van der Waals surface area contributed by atoms with Crippen molar-refractivity contribution in [2.24, 2.45) is 0 Å². The molecule has 21 heavy (non-hydrogen) atoms. The van der Waals surface area contributed by atoms with Crippen LogP contribution in [0.1, 0.15) is 15.9 Å². The van der Waals surface area contributed by atoms with Crippen LogP contribution in [0.4, 0.5) is 8.78 Å². The molecule has 0 aliphatic carbocycles. The highest BCUT2D eigenvalue weighted by molar-refractivity contribution is 9.10. The molecule has 0 spiro atoms. The SMILES string of the molecule is O=C(O)c1ccc(CS(=O)c2cc(F)ccc2F)c(Br)c1. The zero-order valence-electron chi connectivity index (χ0n) is 10.5. The molecule has 0 aliphatic rings. The number of hydrogen-bond donors (Lipinski definition) is 1. The summed E-state index contributed by atoms with van der Waals surface area (Å²) in [5, 5.41) is 8.85. The lowest BCUT2D eigenvalue weighted by Crippen LogP contribution is -2.02. The van der Waals surface area contributed by atoms with Crippen LogP contribution in [0.2, 0.25) is 0 Å². The maximum atomic E-state index is 13.5. The van der Waals surface area contributed by atoms with Gasteiger partial charge in [0.2, 0.25) is 0 Å². The lowest BCUT2D eigenvalue weighted by Gasteiger charge is -2.07. The minimum absolute atomic E-state index is 0.0547. The second-order valence-electron chi connectivity index (χ2n) is 4.18. The number of rotatable bonds is 4. The van der Waals surface area contributed by atoms with Gasteiger partial charge in [0.25, 0.3) is 0 Å². The smallest absolute Gasteiger partial charge is 0.335 e. The second kappa shape index (κ2) is 6.44. The van der Waals surface area contributed by atoms with Crippen molar-refractivity contribution in [1.82, 2.24) is 0 Å². The fraction of sp³-hybridized carbons (Fsp3) is 0.0714. The molecule has 0 aromatic heterocycles. The summed E-state index contributed by atoms with van der Waals surface area (Å²) in [6, 6.07) is 6.99. The van der Waals surface area contributed by atoms with E-state index < -0.39 is 28.4 Å². The van der Waals surface area contributed by atoms with E-state index >= 15 is 0 Å². The molecule has 1 atom stereocenters. The first-order chi connectivity index (χ1) is 9.88. The fourth-order valence-corrected chi connectivity index (χ4v) is 3.59. The highest BCUT2D eigenvalue weighted by Crippen LogP contribution is 2.23. The highest BCUT2D eigenvalue weighted by Gasteiger charge is 2.14. The van der Waals surface area contributed by atoms with Crippen LogP contribution < -0.4 is 0 Å². The van der Waals surface area contributed by atoms with E-state index in [1.807, 2.05) is 0 Å². The van der Waals surface area contributed by atoms with Gasteiger partial charge in [0, 0.05) is 4.47 Å². The fourth-order valence-electron chi connectivity index (χ4n) is 1.67. The molecule has 1 unspecified atom stereocenters. The van der Waals surface area contributed by atoms with Crippen molar-refractivity contribution in [2.45, 2.75) is 10.6 Å². The zero-order chi connectivity index (χ0) is 15.6. The third-order valence-corrected chi connectivity index (χ3v) is 4.84. The Balaban J connectivity index is 2.27. The second-order valence-corrected chi connectivity index (χ2v) is 6.45. The van der Waals surface area contributed by atoms with E-state index in [0.717, 1.165) is 18.2 Å². The third-order valence-electron chi connectivity index (χ3n) is 2.73. The first kappa shape index (κ1) is 15.8. The predicted molar refractivity (Wildman–Crippen MR) is 77.6 cm³/mol. The van der Waals surface area contributed by atoms with Crippen LogP contribution >= 0.6 is 15.9 Å². The van der Waals surface area contributed by atoms with Gasteiger partial charge in [-0.15, -0.1) is 0 Å². The van der Waals surface area contributed by atoms with Crippen molar-refractivity contribution in [1.29, 1.82) is 0 Å². The average Bonchev–Trinajstić information content (AvgIpc) is 2.43. The van der Waals surface area contributed by atoms with E-state index in [2.05, 4.69) is 15.9 Å². The molecule has 0 saturated carbocycles. The number of halogens is 3. The first-order valence-corrected chi connectivity index (χ1v) is 7.85. The molecule has 0 amide bonds. The Kier molecular flexibility index (Phi) is 4.84. The number of carbonyl (C=O) groups is 1. The number of carboxylic acid groups (broad SMARTS) is 1. The lowest BCUT2D eigenvalue weighted by molar-refractivity contribution is 0.0697. The molecule has 2 rings (SSSR count). The Morgan fingerprint density at radius 3 is 2.52 bits per heavy atom. The molecule has 7 heteroatoms. The Bertz CT molecular complexity index is 734. The largest absolute Gasteiger partial charge is 0.478 e. The minimum atomic E-state index is -1.78. The maximum Gasteiger partial charge on any atom is 0.335 e. The van der Waals surface area contributed by atoms with Crippen molar-refractivity contribution in [3.8, 4) is 0 Å². The van der Waals surface area contributed by atoms with E-state index in [9.17, 15) is 17.8 Å². The van der Waals surface area contributed by atoms with Crippen molar-refractivity contribution >= 4 is 32.7 Å². The molecule has 3 nitrogen and oxygen atoms in total. The summed E-state index contributed by atoms with van der Waals surface area (Å²) in [4.78, 5) is 10.6. The standard InChI is InChI=1S/C14H9BrF2O3S/c15-11-5-8(14(18)19)1-2-9(11)7-21(20)13-6-10(16)3-4-12(13)17/h1-6H,7H2,(H,18,19). The predicted octanol–water partition coefficient (Wildman–Crippen LogP) is 3.73. The molecule has 0 aliphatic heterocycles. The summed E-state index contributed by atoms with van der Waals surface area (Å²) in [5.74, 6) is -2.55. The van der Waals surface area contributed by atoms with Crippen LogP contribution in [-0.4, -0.2) is 15.3 Å². The van der Waals surface area contributed by atoms with Gasteiger partial charge < -0.3 is 5.11 Å². The average molecular weight is 375 g/mol. The van der Waals surface area contributed by atoms with Gasteiger partial charge in [0.1, 0.15) is 11.6 Å². The molecule has 0 heterocycles. The van der Waals surface area contributed by atoms with E-state index in [1.54, 1.807) is 0 Å².